The topological polar surface area (TPSA) is 61.4 Å². The third-order valence-electron chi connectivity index (χ3n) is 6.00. The summed E-state index contributed by atoms with van der Waals surface area (Å²) in [5, 5.41) is 3.10. The van der Waals surface area contributed by atoms with Crippen molar-refractivity contribution in [2.24, 2.45) is 11.8 Å². The molecule has 6 nitrogen and oxygen atoms in total. The first-order valence-corrected chi connectivity index (χ1v) is 10.8. The zero-order valence-electron chi connectivity index (χ0n) is 17.3. The first kappa shape index (κ1) is 19.8. The van der Waals surface area contributed by atoms with Gasteiger partial charge in [-0.25, -0.2) is 9.97 Å². The Labute approximate surface area is 173 Å². The molecular weight excluding hydrogens is 362 g/mol. The number of hydrogen-bond acceptors (Lipinski definition) is 5. The van der Waals surface area contributed by atoms with Crippen molar-refractivity contribution in [3.05, 3.63) is 48.3 Å². The molecule has 2 saturated heterocycles. The number of carbonyl (C=O) groups is 1. The van der Waals surface area contributed by atoms with Gasteiger partial charge < -0.3 is 10.2 Å². The summed E-state index contributed by atoms with van der Waals surface area (Å²) >= 11 is 0. The van der Waals surface area contributed by atoms with Crippen LogP contribution >= 0.6 is 0 Å². The molecule has 0 aliphatic carbocycles. The van der Waals surface area contributed by atoms with Crippen molar-refractivity contribution in [2.45, 2.75) is 39.2 Å². The number of anilines is 2. The minimum absolute atomic E-state index is 0.0397. The molecule has 2 fully saturated rings. The highest BCUT2D eigenvalue weighted by molar-refractivity contribution is 5.93. The summed E-state index contributed by atoms with van der Waals surface area (Å²) in [6, 6.07) is 10.1. The molecule has 2 unspecified atom stereocenters. The van der Waals surface area contributed by atoms with Crippen molar-refractivity contribution >= 4 is 17.5 Å². The van der Waals surface area contributed by atoms with E-state index >= 15 is 0 Å². The van der Waals surface area contributed by atoms with Crippen LogP contribution in [0.1, 0.15) is 38.2 Å². The van der Waals surface area contributed by atoms with Gasteiger partial charge in [0.1, 0.15) is 0 Å². The van der Waals surface area contributed by atoms with E-state index in [4.69, 9.17) is 0 Å². The molecule has 1 N–H and O–H groups in total. The molecular formula is C23H31N5O. The van der Waals surface area contributed by atoms with E-state index in [0.29, 0.717) is 12.5 Å². The molecule has 0 radical (unpaired) electrons. The van der Waals surface area contributed by atoms with Crippen molar-refractivity contribution in [3.63, 3.8) is 0 Å². The van der Waals surface area contributed by atoms with Crippen molar-refractivity contribution in [1.29, 1.82) is 0 Å². The lowest BCUT2D eigenvalue weighted by molar-refractivity contribution is -0.120. The van der Waals surface area contributed by atoms with Gasteiger partial charge in [0.25, 0.3) is 0 Å². The van der Waals surface area contributed by atoms with Gasteiger partial charge in [0, 0.05) is 44.3 Å². The summed E-state index contributed by atoms with van der Waals surface area (Å²) in [4.78, 5) is 26.1. The van der Waals surface area contributed by atoms with E-state index in [1.807, 2.05) is 18.2 Å². The molecule has 1 amide bonds. The van der Waals surface area contributed by atoms with Gasteiger partial charge in [-0.2, -0.15) is 0 Å². The van der Waals surface area contributed by atoms with E-state index < -0.39 is 0 Å². The van der Waals surface area contributed by atoms with Crippen LogP contribution in [0.15, 0.2) is 42.7 Å². The standard InChI is InChI=1S/C23H31N5O/c1-18-5-2-13-27(15-18)16-19-7-9-21(10-8-19)26-22(29)20-6-3-14-28(17-20)23-24-11-4-12-25-23/h4,7-12,18,20H,2-3,5-6,13-17H2,1H3,(H,26,29). The lowest BCUT2D eigenvalue weighted by Crippen LogP contribution is -2.41. The fraction of sp³-hybridized carbons (Fsp3) is 0.522. The number of rotatable bonds is 5. The van der Waals surface area contributed by atoms with Gasteiger partial charge in [0.05, 0.1) is 5.92 Å². The maximum absolute atomic E-state index is 12.8. The Kier molecular flexibility index (Phi) is 6.39. The lowest BCUT2D eigenvalue weighted by Gasteiger charge is -2.32. The van der Waals surface area contributed by atoms with E-state index in [9.17, 15) is 4.79 Å². The summed E-state index contributed by atoms with van der Waals surface area (Å²) in [6.45, 7) is 7.26. The van der Waals surface area contributed by atoms with Crippen LogP contribution < -0.4 is 10.2 Å². The number of nitrogens with zero attached hydrogens (tertiary/aromatic N) is 4. The van der Waals surface area contributed by atoms with E-state index in [2.05, 4.69) is 44.1 Å². The number of amides is 1. The van der Waals surface area contributed by atoms with Crippen molar-refractivity contribution in [1.82, 2.24) is 14.9 Å². The van der Waals surface area contributed by atoms with E-state index in [1.165, 1.54) is 31.5 Å². The molecule has 29 heavy (non-hydrogen) atoms. The molecule has 2 aliphatic heterocycles. The van der Waals surface area contributed by atoms with Crippen LogP contribution in [-0.4, -0.2) is 47.0 Å². The molecule has 0 spiro atoms. The molecule has 4 rings (SSSR count). The predicted molar refractivity (Wildman–Crippen MR) is 116 cm³/mol. The first-order valence-electron chi connectivity index (χ1n) is 10.8. The molecule has 154 valence electrons. The largest absolute Gasteiger partial charge is 0.340 e. The monoisotopic (exact) mass is 393 g/mol. The molecule has 2 aromatic rings. The number of piperidine rings is 2. The van der Waals surface area contributed by atoms with Crippen LogP contribution in [-0.2, 0) is 11.3 Å². The van der Waals surface area contributed by atoms with Gasteiger partial charge in [-0.1, -0.05) is 19.1 Å². The molecule has 0 saturated carbocycles. The summed E-state index contributed by atoms with van der Waals surface area (Å²) in [7, 11) is 0. The van der Waals surface area contributed by atoms with Crippen molar-refractivity contribution in [3.8, 4) is 0 Å². The second-order valence-electron chi connectivity index (χ2n) is 8.50. The second kappa shape index (κ2) is 9.35. The third kappa shape index (κ3) is 5.32. The van der Waals surface area contributed by atoms with Crippen molar-refractivity contribution in [2.75, 3.05) is 36.4 Å². The Bertz CT molecular complexity index is 795. The van der Waals surface area contributed by atoms with Gasteiger partial charge in [0.2, 0.25) is 11.9 Å². The average molecular weight is 394 g/mol. The highest BCUT2D eigenvalue weighted by Gasteiger charge is 2.27. The predicted octanol–water partition coefficient (Wildman–Crippen LogP) is 3.56. The van der Waals surface area contributed by atoms with E-state index in [-0.39, 0.29) is 11.8 Å². The van der Waals surface area contributed by atoms with Gasteiger partial charge in [-0.3, -0.25) is 9.69 Å². The molecule has 6 heteroatoms. The van der Waals surface area contributed by atoms with Gasteiger partial charge in [0.15, 0.2) is 0 Å². The zero-order valence-corrected chi connectivity index (χ0v) is 17.3. The van der Waals surface area contributed by atoms with Crippen LogP contribution in [0.2, 0.25) is 0 Å². The summed E-state index contributed by atoms with van der Waals surface area (Å²) in [6.07, 6.45) is 8.01. The quantitative estimate of drug-likeness (QED) is 0.842. The second-order valence-corrected chi connectivity index (χ2v) is 8.50. The fourth-order valence-electron chi connectivity index (χ4n) is 4.45. The Morgan fingerprint density at radius 2 is 1.83 bits per heavy atom. The molecule has 3 heterocycles. The minimum atomic E-state index is -0.0397. The van der Waals surface area contributed by atoms with Crippen LogP contribution in [0, 0.1) is 11.8 Å². The van der Waals surface area contributed by atoms with Gasteiger partial charge >= 0.3 is 0 Å². The smallest absolute Gasteiger partial charge is 0.229 e. The Balaban J connectivity index is 1.31. The van der Waals surface area contributed by atoms with Crippen LogP contribution in [0.4, 0.5) is 11.6 Å². The number of nitrogens with one attached hydrogen (secondary N) is 1. The summed E-state index contributed by atoms with van der Waals surface area (Å²) < 4.78 is 0. The lowest BCUT2D eigenvalue weighted by atomic mass is 9.97. The van der Waals surface area contributed by atoms with Crippen LogP contribution in [0.3, 0.4) is 0 Å². The van der Waals surface area contributed by atoms with Crippen LogP contribution in [0.25, 0.3) is 0 Å². The number of benzene rings is 1. The van der Waals surface area contributed by atoms with E-state index in [0.717, 1.165) is 37.5 Å². The first-order chi connectivity index (χ1) is 14.2. The summed E-state index contributed by atoms with van der Waals surface area (Å²) in [5.74, 6) is 1.55. The van der Waals surface area contributed by atoms with E-state index in [1.54, 1.807) is 12.4 Å². The summed E-state index contributed by atoms with van der Waals surface area (Å²) in [5.41, 5.74) is 2.18. The highest BCUT2D eigenvalue weighted by atomic mass is 16.1. The highest BCUT2D eigenvalue weighted by Crippen LogP contribution is 2.22. The Hall–Kier alpha value is -2.47. The SMILES string of the molecule is CC1CCCN(Cc2ccc(NC(=O)C3CCCN(c4ncccn4)C3)cc2)C1. The normalized spacial score (nSPS) is 23.0. The zero-order chi connectivity index (χ0) is 20.1. The number of carbonyl (C=O) groups excluding carboxylic acids is 1. The molecule has 1 aromatic heterocycles. The molecule has 0 bridgehead atoms. The van der Waals surface area contributed by atoms with Gasteiger partial charge in [-0.15, -0.1) is 0 Å². The van der Waals surface area contributed by atoms with Crippen LogP contribution in [0.5, 0.6) is 0 Å². The number of likely N-dealkylation sites (tertiary alicyclic amines) is 1. The molecule has 1 aromatic carbocycles. The van der Waals surface area contributed by atoms with Crippen molar-refractivity contribution < 1.29 is 4.79 Å². The molecule has 2 aliphatic rings. The maximum atomic E-state index is 12.8. The number of aromatic nitrogens is 2. The number of hydrogen-bond donors (Lipinski definition) is 1. The Morgan fingerprint density at radius 3 is 2.59 bits per heavy atom. The Morgan fingerprint density at radius 1 is 1.07 bits per heavy atom. The fourth-order valence-corrected chi connectivity index (χ4v) is 4.45. The average Bonchev–Trinajstić information content (AvgIpc) is 2.76. The maximum Gasteiger partial charge on any atom is 0.229 e. The molecule has 2 atom stereocenters. The van der Waals surface area contributed by atoms with Gasteiger partial charge in [-0.05, 0) is 61.9 Å². The third-order valence-corrected chi connectivity index (χ3v) is 6.00. The minimum Gasteiger partial charge on any atom is -0.340 e.